The Morgan fingerprint density at radius 2 is 2.00 bits per heavy atom. The number of ether oxygens (including phenoxy) is 3. The molecule has 23 heavy (non-hydrogen) atoms. The molecule has 0 fully saturated rings. The number of nitrogens with one attached hydrogen (secondary N) is 1. The van der Waals surface area contributed by atoms with Gasteiger partial charge in [0, 0.05) is 7.11 Å². The van der Waals surface area contributed by atoms with E-state index in [0.29, 0.717) is 30.2 Å². The minimum Gasteiger partial charge on any atom is -0.497 e. The van der Waals surface area contributed by atoms with E-state index < -0.39 is 12.0 Å². The zero-order valence-electron chi connectivity index (χ0n) is 13.0. The number of carbonyl (C=O) groups excluding carboxylic acids is 2. The van der Waals surface area contributed by atoms with Gasteiger partial charge in [0.2, 0.25) is 0 Å². The van der Waals surface area contributed by atoms with Gasteiger partial charge in [-0.15, -0.1) is 0 Å². The Hall–Kier alpha value is -2.54. The number of hydrogen-bond donors (Lipinski definition) is 1. The molecule has 2 aliphatic rings. The van der Waals surface area contributed by atoms with Crippen molar-refractivity contribution in [3.63, 3.8) is 0 Å². The number of amides is 2. The van der Waals surface area contributed by atoms with Crippen LogP contribution in [-0.2, 0) is 14.3 Å². The Bertz CT molecular complexity index is 653. The summed E-state index contributed by atoms with van der Waals surface area (Å²) in [5, 5.41) is 2.86. The standard InChI is InChI=1S/C16H18N2O5/c1-21-8-7-18-12-9-23-15(19)13(12)14(17-16(18)20)10-3-5-11(22-2)6-4-10/h3-6,14H,7-9H2,1-2H3,(H,17,20)/t14-/m1/s1. The van der Waals surface area contributed by atoms with Gasteiger partial charge >= 0.3 is 12.0 Å². The number of benzene rings is 1. The first kappa shape index (κ1) is 15.4. The fraction of sp³-hybridized carbons (Fsp3) is 0.375. The molecular formula is C16H18N2O5. The summed E-state index contributed by atoms with van der Waals surface area (Å²) in [6.45, 7) is 0.858. The predicted octanol–water partition coefficient (Wildman–Crippen LogP) is 1.22. The SMILES string of the molecule is COCCN1C(=O)N[C@H](c2ccc(OC)cc2)C2=C1COC2=O. The summed E-state index contributed by atoms with van der Waals surface area (Å²) >= 11 is 0. The quantitative estimate of drug-likeness (QED) is 0.826. The topological polar surface area (TPSA) is 77.1 Å². The largest absolute Gasteiger partial charge is 0.497 e. The van der Waals surface area contributed by atoms with Crippen LogP contribution in [0, 0.1) is 0 Å². The molecular weight excluding hydrogens is 300 g/mol. The molecule has 3 rings (SSSR count). The van der Waals surface area contributed by atoms with Crippen molar-refractivity contribution < 1.29 is 23.8 Å². The van der Waals surface area contributed by atoms with Crippen molar-refractivity contribution in [1.82, 2.24) is 10.2 Å². The molecule has 0 saturated heterocycles. The molecule has 122 valence electrons. The molecule has 0 radical (unpaired) electrons. The zero-order valence-corrected chi connectivity index (χ0v) is 13.0. The van der Waals surface area contributed by atoms with E-state index in [2.05, 4.69) is 5.32 Å². The fourth-order valence-corrected chi connectivity index (χ4v) is 2.78. The number of cyclic esters (lactones) is 1. The maximum absolute atomic E-state index is 12.4. The summed E-state index contributed by atoms with van der Waals surface area (Å²) in [5.74, 6) is 0.309. The highest BCUT2D eigenvalue weighted by atomic mass is 16.5. The van der Waals surface area contributed by atoms with Gasteiger partial charge in [-0.25, -0.2) is 9.59 Å². The molecule has 0 aliphatic carbocycles. The lowest BCUT2D eigenvalue weighted by Crippen LogP contribution is -2.48. The Kier molecular flexibility index (Phi) is 4.20. The van der Waals surface area contributed by atoms with E-state index >= 15 is 0 Å². The first-order valence-corrected chi connectivity index (χ1v) is 7.26. The van der Waals surface area contributed by atoms with E-state index in [0.717, 1.165) is 5.56 Å². The average Bonchev–Trinajstić information content (AvgIpc) is 2.95. The minimum absolute atomic E-state index is 0.109. The second-order valence-corrected chi connectivity index (χ2v) is 5.24. The Balaban J connectivity index is 1.96. The highest BCUT2D eigenvalue weighted by Crippen LogP contribution is 2.35. The summed E-state index contributed by atoms with van der Waals surface area (Å²) in [6.07, 6.45) is 0. The lowest BCUT2D eigenvalue weighted by atomic mass is 9.95. The molecule has 0 spiro atoms. The zero-order chi connectivity index (χ0) is 16.4. The summed E-state index contributed by atoms with van der Waals surface area (Å²) in [7, 11) is 3.15. The van der Waals surface area contributed by atoms with Crippen LogP contribution in [0.25, 0.3) is 0 Å². The van der Waals surface area contributed by atoms with E-state index in [1.54, 1.807) is 26.4 Å². The first-order valence-electron chi connectivity index (χ1n) is 7.26. The molecule has 0 unspecified atom stereocenters. The Morgan fingerprint density at radius 1 is 1.26 bits per heavy atom. The number of hydrogen-bond acceptors (Lipinski definition) is 5. The van der Waals surface area contributed by atoms with Crippen molar-refractivity contribution in [2.45, 2.75) is 6.04 Å². The molecule has 1 atom stereocenters. The summed E-state index contributed by atoms with van der Waals surface area (Å²) in [4.78, 5) is 26.0. The first-order chi connectivity index (χ1) is 11.2. The highest BCUT2D eigenvalue weighted by Gasteiger charge is 2.41. The molecule has 1 aromatic rings. The normalized spacial score (nSPS) is 20.3. The van der Waals surface area contributed by atoms with E-state index in [9.17, 15) is 9.59 Å². The van der Waals surface area contributed by atoms with Crippen LogP contribution >= 0.6 is 0 Å². The molecule has 2 amide bonds. The number of carbonyl (C=O) groups is 2. The van der Waals surface area contributed by atoms with Gasteiger partial charge in [0.1, 0.15) is 12.4 Å². The van der Waals surface area contributed by atoms with Gasteiger partial charge in [-0.05, 0) is 17.7 Å². The van der Waals surface area contributed by atoms with Gasteiger partial charge in [-0.3, -0.25) is 4.90 Å². The summed E-state index contributed by atoms with van der Waals surface area (Å²) < 4.78 is 15.3. The van der Waals surface area contributed by atoms with Crippen molar-refractivity contribution in [3.05, 3.63) is 41.1 Å². The van der Waals surface area contributed by atoms with Crippen LogP contribution in [0.1, 0.15) is 11.6 Å². The van der Waals surface area contributed by atoms with Gasteiger partial charge in [-0.1, -0.05) is 12.1 Å². The number of rotatable bonds is 5. The lowest BCUT2D eigenvalue weighted by Gasteiger charge is -2.32. The molecule has 1 N–H and O–H groups in total. The number of nitrogens with zero attached hydrogens (tertiary/aromatic N) is 1. The van der Waals surface area contributed by atoms with Crippen molar-refractivity contribution in [3.8, 4) is 5.75 Å². The van der Waals surface area contributed by atoms with E-state index in [4.69, 9.17) is 14.2 Å². The fourth-order valence-electron chi connectivity index (χ4n) is 2.78. The smallest absolute Gasteiger partial charge is 0.338 e. The Morgan fingerprint density at radius 3 is 2.65 bits per heavy atom. The van der Waals surface area contributed by atoms with Crippen molar-refractivity contribution in [2.24, 2.45) is 0 Å². The second kappa shape index (κ2) is 6.29. The molecule has 0 aromatic heterocycles. The van der Waals surface area contributed by atoms with Gasteiger partial charge < -0.3 is 19.5 Å². The lowest BCUT2D eigenvalue weighted by molar-refractivity contribution is -0.136. The van der Waals surface area contributed by atoms with Crippen LogP contribution in [-0.4, -0.2) is 50.9 Å². The predicted molar refractivity (Wildman–Crippen MR) is 80.8 cm³/mol. The molecule has 7 nitrogen and oxygen atoms in total. The van der Waals surface area contributed by atoms with Crippen molar-refractivity contribution >= 4 is 12.0 Å². The van der Waals surface area contributed by atoms with Crippen LogP contribution in [0.2, 0.25) is 0 Å². The van der Waals surface area contributed by atoms with Crippen LogP contribution in [0.15, 0.2) is 35.5 Å². The monoisotopic (exact) mass is 318 g/mol. The van der Waals surface area contributed by atoms with Crippen LogP contribution in [0.4, 0.5) is 4.79 Å². The summed E-state index contributed by atoms with van der Waals surface area (Å²) in [6, 6.07) is 6.45. The maximum atomic E-state index is 12.4. The van der Waals surface area contributed by atoms with Crippen molar-refractivity contribution in [1.29, 1.82) is 0 Å². The van der Waals surface area contributed by atoms with Gasteiger partial charge in [0.15, 0.2) is 0 Å². The number of esters is 1. The van der Waals surface area contributed by atoms with Gasteiger partial charge in [-0.2, -0.15) is 0 Å². The van der Waals surface area contributed by atoms with Crippen LogP contribution in [0.5, 0.6) is 5.75 Å². The maximum Gasteiger partial charge on any atom is 0.338 e. The van der Waals surface area contributed by atoms with Gasteiger partial charge in [0.25, 0.3) is 0 Å². The third-order valence-corrected chi connectivity index (χ3v) is 3.97. The van der Waals surface area contributed by atoms with Crippen LogP contribution in [0.3, 0.4) is 0 Å². The number of methoxy groups -OCH3 is 2. The molecule has 2 heterocycles. The second-order valence-electron chi connectivity index (χ2n) is 5.24. The number of urea groups is 1. The minimum atomic E-state index is -0.516. The summed E-state index contributed by atoms with van der Waals surface area (Å²) in [5.41, 5.74) is 1.89. The van der Waals surface area contributed by atoms with Crippen molar-refractivity contribution in [2.75, 3.05) is 34.0 Å². The van der Waals surface area contributed by atoms with E-state index in [1.165, 1.54) is 4.90 Å². The highest BCUT2D eigenvalue weighted by molar-refractivity contribution is 5.97. The molecule has 0 bridgehead atoms. The molecule has 1 aromatic carbocycles. The molecule has 2 aliphatic heterocycles. The molecule has 0 saturated carbocycles. The third-order valence-electron chi connectivity index (χ3n) is 3.97. The third kappa shape index (κ3) is 2.75. The average molecular weight is 318 g/mol. The molecule has 7 heteroatoms. The van der Waals surface area contributed by atoms with E-state index in [-0.39, 0.29) is 12.6 Å². The van der Waals surface area contributed by atoms with Gasteiger partial charge in [0.05, 0.1) is 37.6 Å². The Labute approximate surface area is 133 Å². The van der Waals surface area contributed by atoms with E-state index in [1.807, 2.05) is 12.1 Å². The van der Waals surface area contributed by atoms with Crippen LogP contribution < -0.4 is 10.1 Å².